The van der Waals surface area contributed by atoms with Crippen LogP contribution >= 0.6 is 46.4 Å². The molecule has 0 spiro atoms. The fourth-order valence-corrected chi connectivity index (χ4v) is 3.85. The van der Waals surface area contributed by atoms with E-state index in [0.29, 0.717) is 32.2 Å². The Bertz CT molecular complexity index is 1300. The fourth-order valence-electron chi connectivity index (χ4n) is 3.26. The smallest absolute Gasteiger partial charge is 0.337 e. The van der Waals surface area contributed by atoms with Crippen molar-refractivity contribution in [3.63, 3.8) is 0 Å². The number of hydrogen-bond donors (Lipinski definition) is 0. The zero-order valence-corrected chi connectivity index (χ0v) is 19.8. The van der Waals surface area contributed by atoms with Crippen molar-refractivity contribution in [2.24, 2.45) is 0 Å². The molecule has 32 heavy (non-hydrogen) atoms. The molecular formula is C24H16Cl4N2O2. The minimum atomic E-state index is -0.381. The van der Waals surface area contributed by atoms with Gasteiger partial charge in [-0.1, -0.05) is 70.7 Å². The van der Waals surface area contributed by atoms with E-state index >= 15 is 0 Å². The maximum atomic E-state index is 11.7. The molecule has 0 saturated carbocycles. The molecule has 8 heteroatoms. The number of ether oxygens (including phenoxy) is 1. The highest BCUT2D eigenvalue weighted by atomic mass is 35.5. The zero-order chi connectivity index (χ0) is 22.8. The van der Waals surface area contributed by atoms with Crippen LogP contribution in [0.3, 0.4) is 0 Å². The highest BCUT2D eigenvalue weighted by Crippen LogP contribution is 2.33. The first kappa shape index (κ1) is 22.7. The number of benzene rings is 3. The van der Waals surface area contributed by atoms with Gasteiger partial charge in [0, 0.05) is 11.1 Å². The number of aromatic nitrogens is 2. The Labute approximate surface area is 205 Å². The first-order chi connectivity index (χ1) is 15.4. The first-order valence-corrected chi connectivity index (χ1v) is 11.0. The summed E-state index contributed by atoms with van der Waals surface area (Å²) in [6, 6.07) is 20.0. The molecule has 4 nitrogen and oxygen atoms in total. The van der Waals surface area contributed by atoms with E-state index in [9.17, 15) is 4.79 Å². The largest absolute Gasteiger partial charge is 0.465 e. The van der Waals surface area contributed by atoms with Gasteiger partial charge in [-0.15, -0.1) is 0 Å². The quantitative estimate of drug-likeness (QED) is 0.261. The molecule has 3 aromatic carbocycles. The summed E-state index contributed by atoms with van der Waals surface area (Å²) in [6.07, 6.45) is 0. The second-order valence-corrected chi connectivity index (χ2v) is 8.65. The maximum absolute atomic E-state index is 11.7. The molecule has 0 bridgehead atoms. The number of nitrogens with zero attached hydrogens (tertiary/aromatic N) is 2. The molecule has 0 fully saturated rings. The fraction of sp³-hybridized carbons (Fsp3) is 0.0833. The molecule has 4 rings (SSSR count). The predicted octanol–water partition coefficient (Wildman–Crippen LogP) is 7.67. The molecule has 0 saturated heterocycles. The van der Waals surface area contributed by atoms with Gasteiger partial charge in [0.1, 0.15) is 0 Å². The summed E-state index contributed by atoms with van der Waals surface area (Å²) in [5, 5.41) is 6.66. The van der Waals surface area contributed by atoms with Crippen molar-refractivity contribution in [2.45, 2.75) is 6.54 Å². The molecule has 162 valence electrons. The Hall–Kier alpha value is -2.50. The third-order valence-corrected chi connectivity index (χ3v) is 6.40. The summed E-state index contributed by atoms with van der Waals surface area (Å²) < 4.78 is 6.63. The van der Waals surface area contributed by atoms with Gasteiger partial charge in [0.2, 0.25) is 0 Å². The second kappa shape index (κ2) is 9.55. The Morgan fingerprint density at radius 1 is 0.812 bits per heavy atom. The molecule has 0 N–H and O–H groups in total. The van der Waals surface area contributed by atoms with E-state index in [1.807, 2.05) is 35.0 Å². The molecule has 1 heterocycles. The molecule has 0 aliphatic rings. The number of methoxy groups -OCH3 is 1. The van der Waals surface area contributed by atoms with E-state index in [0.717, 1.165) is 28.1 Å². The number of carbonyl (C=O) groups excluding carboxylic acids is 1. The van der Waals surface area contributed by atoms with Gasteiger partial charge in [-0.25, -0.2) is 4.79 Å². The van der Waals surface area contributed by atoms with Crippen LogP contribution in [0.15, 0.2) is 66.7 Å². The van der Waals surface area contributed by atoms with E-state index in [1.165, 1.54) is 7.11 Å². The molecule has 0 aliphatic carbocycles. The summed E-state index contributed by atoms with van der Waals surface area (Å²) in [4.78, 5) is 11.7. The van der Waals surface area contributed by atoms with Crippen molar-refractivity contribution in [3.05, 3.63) is 97.9 Å². The molecule has 0 radical (unpaired) electrons. The van der Waals surface area contributed by atoms with Crippen LogP contribution < -0.4 is 0 Å². The Morgan fingerprint density at radius 2 is 1.41 bits per heavy atom. The van der Waals surface area contributed by atoms with E-state index < -0.39 is 0 Å². The van der Waals surface area contributed by atoms with Crippen LogP contribution in [0.5, 0.6) is 0 Å². The Kier molecular flexibility index (Phi) is 6.77. The van der Waals surface area contributed by atoms with Gasteiger partial charge in [-0.2, -0.15) is 5.10 Å². The average Bonchev–Trinajstić information content (AvgIpc) is 3.21. The Morgan fingerprint density at radius 3 is 2.00 bits per heavy atom. The third-order valence-electron chi connectivity index (χ3n) is 4.92. The average molecular weight is 506 g/mol. The molecule has 4 aromatic rings. The van der Waals surface area contributed by atoms with Crippen LogP contribution in [-0.4, -0.2) is 22.9 Å². The lowest BCUT2D eigenvalue weighted by Crippen LogP contribution is -2.05. The van der Waals surface area contributed by atoms with Crippen molar-refractivity contribution in [1.29, 1.82) is 0 Å². The van der Waals surface area contributed by atoms with Crippen LogP contribution in [-0.2, 0) is 11.3 Å². The predicted molar refractivity (Wildman–Crippen MR) is 130 cm³/mol. The van der Waals surface area contributed by atoms with Crippen molar-refractivity contribution >= 4 is 52.4 Å². The van der Waals surface area contributed by atoms with Gasteiger partial charge < -0.3 is 4.74 Å². The highest BCUT2D eigenvalue weighted by molar-refractivity contribution is 6.42. The van der Waals surface area contributed by atoms with Crippen LogP contribution in [0.2, 0.25) is 20.1 Å². The molecule has 0 atom stereocenters. The molecule has 1 aromatic heterocycles. The van der Waals surface area contributed by atoms with Crippen LogP contribution in [0.4, 0.5) is 0 Å². The van der Waals surface area contributed by atoms with Crippen molar-refractivity contribution in [3.8, 4) is 22.5 Å². The molecular weight excluding hydrogens is 490 g/mol. The lowest BCUT2D eigenvalue weighted by atomic mass is 10.1. The molecule has 0 aliphatic heterocycles. The maximum Gasteiger partial charge on any atom is 0.337 e. The lowest BCUT2D eigenvalue weighted by Gasteiger charge is -2.09. The number of carbonyl (C=O) groups is 1. The summed E-state index contributed by atoms with van der Waals surface area (Å²) in [7, 11) is 1.36. The van der Waals surface area contributed by atoms with E-state index in [4.69, 9.17) is 56.2 Å². The first-order valence-electron chi connectivity index (χ1n) is 9.51. The van der Waals surface area contributed by atoms with Gasteiger partial charge in [0.05, 0.1) is 50.7 Å². The molecule has 0 unspecified atom stereocenters. The van der Waals surface area contributed by atoms with Crippen molar-refractivity contribution in [2.75, 3.05) is 7.11 Å². The van der Waals surface area contributed by atoms with Gasteiger partial charge in [-0.05, 0) is 48.0 Å². The minimum absolute atomic E-state index is 0.381. The normalized spacial score (nSPS) is 10.9. The summed E-state index contributed by atoms with van der Waals surface area (Å²) in [5.41, 5.74) is 4.73. The van der Waals surface area contributed by atoms with Gasteiger partial charge in [0.15, 0.2) is 0 Å². The Balaban J connectivity index is 1.76. The standard InChI is InChI=1S/C24H16Cl4N2O2/c1-32-24(31)15-4-2-14(3-5-15)13-30-23(17-7-9-19(26)21(28)11-17)12-22(29-30)16-6-8-18(25)20(27)10-16/h2-12H,13H2,1H3. The minimum Gasteiger partial charge on any atom is -0.465 e. The zero-order valence-electron chi connectivity index (χ0n) is 16.8. The van der Waals surface area contributed by atoms with Crippen LogP contribution in [0, 0.1) is 0 Å². The summed E-state index contributed by atoms with van der Waals surface area (Å²) >= 11 is 24.6. The van der Waals surface area contributed by atoms with E-state index in [2.05, 4.69) is 0 Å². The van der Waals surface area contributed by atoms with Gasteiger partial charge in [-0.3, -0.25) is 4.68 Å². The summed E-state index contributed by atoms with van der Waals surface area (Å²) in [6.45, 7) is 0.471. The number of hydrogen-bond acceptors (Lipinski definition) is 3. The van der Waals surface area contributed by atoms with Gasteiger partial charge >= 0.3 is 5.97 Å². The van der Waals surface area contributed by atoms with Crippen LogP contribution in [0.1, 0.15) is 15.9 Å². The van der Waals surface area contributed by atoms with Crippen molar-refractivity contribution < 1.29 is 9.53 Å². The van der Waals surface area contributed by atoms with E-state index in [-0.39, 0.29) is 5.97 Å². The summed E-state index contributed by atoms with van der Waals surface area (Å²) in [5.74, 6) is -0.381. The van der Waals surface area contributed by atoms with Gasteiger partial charge in [0.25, 0.3) is 0 Å². The van der Waals surface area contributed by atoms with E-state index in [1.54, 1.807) is 36.4 Å². The number of rotatable bonds is 5. The van der Waals surface area contributed by atoms with Crippen molar-refractivity contribution in [1.82, 2.24) is 9.78 Å². The third kappa shape index (κ3) is 4.79. The lowest BCUT2D eigenvalue weighted by molar-refractivity contribution is 0.0600. The number of halogens is 4. The topological polar surface area (TPSA) is 44.1 Å². The molecule has 0 amide bonds. The second-order valence-electron chi connectivity index (χ2n) is 7.02. The SMILES string of the molecule is COC(=O)c1ccc(Cn2nc(-c3ccc(Cl)c(Cl)c3)cc2-c2ccc(Cl)c(Cl)c2)cc1. The monoisotopic (exact) mass is 504 g/mol. The number of esters is 1. The highest BCUT2D eigenvalue weighted by Gasteiger charge is 2.15. The van der Waals surface area contributed by atoms with Crippen LogP contribution in [0.25, 0.3) is 22.5 Å².